The van der Waals surface area contributed by atoms with E-state index < -0.39 is 5.60 Å². The third kappa shape index (κ3) is 16.4. The quantitative estimate of drug-likeness (QED) is 0.107. The van der Waals surface area contributed by atoms with Crippen LogP contribution < -0.4 is 0 Å². The molecule has 1 nitrogen and oxygen atoms in total. The highest BCUT2D eigenvalue weighted by Gasteiger charge is 2.47. The standard InChI is InChI=1S/C34H70O/c1-6-11-16-21-22-25-30-33(28-23-17-12-7-2,29-24-18-13-8-3)34(35,31-26-19-14-9-4)32-27-20-15-10-5/h35H,6-32H2,1-5H3. The van der Waals surface area contributed by atoms with Gasteiger partial charge in [0.25, 0.3) is 0 Å². The van der Waals surface area contributed by atoms with Crippen molar-refractivity contribution in [3.05, 3.63) is 0 Å². The summed E-state index contributed by atoms with van der Waals surface area (Å²) >= 11 is 0. The molecule has 0 heterocycles. The van der Waals surface area contributed by atoms with Gasteiger partial charge in [-0.1, -0.05) is 176 Å². The van der Waals surface area contributed by atoms with Gasteiger partial charge in [0.1, 0.15) is 0 Å². The van der Waals surface area contributed by atoms with Gasteiger partial charge in [-0.25, -0.2) is 0 Å². The Kier molecular flexibility index (Phi) is 24.3. The summed E-state index contributed by atoms with van der Waals surface area (Å²) in [5, 5.41) is 12.7. The van der Waals surface area contributed by atoms with E-state index in [1.165, 1.54) is 161 Å². The van der Waals surface area contributed by atoms with E-state index >= 15 is 0 Å². The first-order valence-electron chi connectivity index (χ1n) is 16.8. The fourth-order valence-electron chi connectivity index (χ4n) is 6.44. The number of aliphatic hydroxyl groups is 1. The number of hydrogen-bond acceptors (Lipinski definition) is 1. The zero-order valence-electron chi connectivity index (χ0n) is 25.5. The summed E-state index contributed by atoms with van der Waals surface area (Å²) in [5.74, 6) is 0. The van der Waals surface area contributed by atoms with Crippen LogP contribution in [0.15, 0.2) is 0 Å². The molecule has 0 bridgehead atoms. The van der Waals surface area contributed by atoms with E-state index in [1.54, 1.807) is 0 Å². The van der Waals surface area contributed by atoms with Crippen LogP contribution in [0.4, 0.5) is 0 Å². The van der Waals surface area contributed by atoms with Gasteiger partial charge in [0, 0.05) is 0 Å². The van der Waals surface area contributed by atoms with Gasteiger partial charge < -0.3 is 5.11 Å². The van der Waals surface area contributed by atoms with Crippen LogP contribution in [0.1, 0.15) is 208 Å². The summed E-state index contributed by atoms with van der Waals surface area (Å²) in [4.78, 5) is 0. The van der Waals surface area contributed by atoms with Crippen LogP contribution >= 0.6 is 0 Å². The molecule has 0 rings (SSSR count). The van der Waals surface area contributed by atoms with E-state index in [1.807, 2.05) is 0 Å². The van der Waals surface area contributed by atoms with Gasteiger partial charge >= 0.3 is 0 Å². The van der Waals surface area contributed by atoms with Crippen LogP contribution in [0.3, 0.4) is 0 Å². The predicted octanol–water partition coefficient (Wildman–Crippen LogP) is 12.3. The zero-order chi connectivity index (χ0) is 26.1. The monoisotopic (exact) mass is 495 g/mol. The van der Waals surface area contributed by atoms with Crippen molar-refractivity contribution in [1.29, 1.82) is 0 Å². The maximum Gasteiger partial charge on any atom is 0.0703 e. The van der Waals surface area contributed by atoms with E-state index in [2.05, 4.69) is 34.6 Å². The van der Waals surface area contributed by atoms with Gasteiger partial charge in [-0.3, -0.25) is 0 Å². The topological polar surface area (TPSA) is 20.2 Å². The highest BCUT2D eigenvalue weighted by molar-refractivity contribution is 4.99. The second-order valence-corrected chi connectivity index (χ2v) is 12.1. The Morgan fingerprint density at radius 2 is 0.543 bits per heavy atom. The molecule has 35 heavy (non-hydrogen) atoms. The molecular weight excluding hydrogens is 424 g/mol. The van der Waals surface area contributed by atoms with Gasteiger partial charge in [-0.05, 0) is 37.5 Å². The van der Waals surface area contributed by atoms with Crippen molar-refractivity contribution in [2.75, 3.05) is 0 Å². The minimum Gasteiger partial charge on any atom is -0.389 e. The normalized spacial score (nSPS) is 12.5. The first-order chi connectivity index (χ1) is 17.1. The molecule has 0 saturated carbocycles. The SMILES string of the molecule is CCCCCCCCC(CCCCCC)(CCCCCC)C(O)(CCCCCC)CCCCCC. The summed E-state index contributed by atoms with van der Waals surface area (Å²) in [6.07, 6.45) is 35.0. The lowest BCUT2D eigenvalue weighted by atomic mass is 9.59. The van der Waals surface area contributed by atoms with E-state index in [0.29, 0.717) is 0 Å². The van der Waals surface area contributed by atoms with Crippen molar-refractivity contribution >= 4 is 0 Å². The van der Waals surface area contributed by atoms with Gasteiger partial charge in [0.05, 0.1) is 5.60 Å². The fraction of sp³-hybridized carbons (Fsp3) is 1.00. The smallest absolute Gasteiger partial charge is 0.0703 e. The largest absolute Gasteiger partial charge is 0.389 e. The Hall–Kier alpha value is -0.0400. The van der Waals surface area contributed by atoms with Crippen molar-refractivity contribution in [1.82, 2.24) is 0 Å². The molecule has 0 amide bonds. The fourth-order valence-corrected chi connectivity index (χ4v) is 6.44. The molecule has 0 aromatic carbocycles. The van der Waals surface area contributed by atoms with Gasteiger partial charge in [-0.15, -0.1) is 0 Å². The van der Waals surface area contributed by atoms with E-state index in [9.17, 15) is 5.11 Å². The lowest BCUT2D eigenvalue weighted by Gasteiger charge is -2.49. The van der Waals surface area contributed by atoms with Crippen molar-refractivity contribution in [2.24, 2.45) is 5.41 Å². The van der Waals surface area contributed by atoms with Crippen LogP contribution in [0.5, 0.6) is 0 Å². The first kappa shape index (κ1) is 35.0. The van der Waals surface area contributed by atoms with Crippen molar-refractivity contribution in [2.45, 2.75) is 214 Å². The van der Waals surface area contributed by atoms with Crippen LogP contribution in [0.2, 0.25) is 0 Å². The summed E-state index contributed by atoms with van der Waals surface area (Å²) < 4.78 is 0. The molecule has 0 radical (unpaired) electrons. The molecule has 1 heteroatoms. The Morgan fingerprint density at radius 3 is 0.857 bits per heavy atom. The van der Waals surface area contributed by atoms with E-state index in [4.69, 9.17) is 0 Å². The Labute approximate surface area is 224 Å². The second-order valence-electron chi connectivity index (χ2n) is 12.1. The third-order valence-corrected chi connectivity index (χ3v) is 8.90. The molecule has 0 fully saturated rings. The highest BCUT2D eigenvalue weighted by Crippen LogP contribution is 2.51. The third-order valence-electron chi connectivity index (χ3n) is 8.90. The molecule has 0 spiro atoms. The lowest BCUT2D eigenvalue weighted by Crippen LogP contribution is -2.49. The molecule has 0 atom stereocenters. The molecular formula is C34H70O. The van der Waals surface area contributed by atoms with E-state index in [0.717, 1.165) is 12.8 Å². The average molecular weight is 495 g/mol. The molecule has 0 aliphatic rings. The summed E-state index contributed by atoms with van der Waals surface area (Å²) in [7, 11) is 0. The predicted molar refractivity (Wildman–Crippen MR) is 160 cm³/mol. The van der Waals surface area contributed by atoms with Crippen LogP contribution in [-0.4, -0.2) is 10.7 Å². The van der Waals surface area contributed by atoms with Gasteiger partial charge in [0.15, 0.2) is 0 Å². The minimum atomic E-state index is -0.448. The second kappa shape index (κ2) is 24.3. The minimum absolute atomic E-state index is 0.150. The Bertz CT molecular complexity index is 391. The van der Waals surface area contributed by atoms with E-state index in [-0.39, 0.29) is 5.41 Å². The molecule has 0 aliphatic carbocycles. The molecule has 1 N–H and O–H groups in total. The molecule has 0 aromatic rings. The number of rotatable bonds is 28. The van der Waals surface area contributed by atoms with Crippen molar-refractivity contribution in [3.8, 4) is 0 Å². The number of hydrogen-bond donors (Lipinski definition) is 1. The van der Waals surface area contributed by atoms with Crippen LogP contribution in [0.25, 0.3) is 0 Å². The first-order valence-corrected chi connectivity index (χ1v) is 16.8. The maximum absolute atomic E-state index is 12.7. The molecule has 0 aromatic heterocycles. The molecule has 0 unspecified atom stereocenters. The molecule has 212 valence electrons. The highest BCUT2D eigenvalue weighted by atomic mass is 16.3. The van der Waals surface area contributed by atoms with Crippen molar-refractivity contribution < 1.29 is 5.11 Å². The van der Waals surface area contributed by atoms with Crippen LogP contribution in [0, 0.1) is 5.41 Å². The number of unbranched alkanes of at least 4 members (excludes halogenated alkanes) is 17. The maximum atomic E-state index is 12.7. The summed E-state index contributed by atoms with van der Waals surface area (Å²) in [6.45, 7) is 11.6. The zero-order valence-corrected chi connectivity index (χ0v) is 25.5. The van der Waals surface area contributed by atoms with Crippen LogP contribution in [-0.2, 0) is 0 Å². The van der Waals surface area contributed by atoms with Gasteiger partial charge in [0.2, 0.25) is 0 Å². The summed E-state index contributed by atoms with van der Waals surface area (Å²) in [6, 6.07) is 0. The Morgan fingerprint density at radius 1 is 0.314 bits per heavy atom. The average Bonchev–Trinajstić information content (AvgIpc) is 2.86. The lowest BCUT2D eigenvalue weighted by molar-refractivity contribution is -0.117. The van der Waals surface area contributed by atoms with Crippen molar-refractivity contribution in [3.63, 3.8) is 0 Å². The Balaban J connectivity index is 5.71. The van der Waals surface area contributed by atoms with Gasteiger partial charge in [-0.2, -0.15) is 0 Å². The summed E-state index contributed by atoms with van der Waals surface area (Å²) in [5.41, 5.74) is -0.298. The molecule has 0 aliphatic heterocycles. The molecule has 0 saturated heterocycles.